The van der Waals surface area contributed by atoms with Crippen molar-refractivity contribution in [3.63, 3.8) is 0 Å². The van der Waals surface area contributed by atoms with Crippen molar-refractivity contribution in [1.82, 2.24) is 4.90 Å². The van der Waals surface area contributed by atoms with Crippen molar-refractivity contribution >= 4 is 29.6 Å². The van der Waals surface area contributed by atoms with Crippen LogP contribution in [-0.4, -0.2) is 69.8 Å². The quantitative estimate of drug-likeness (QED) is 0.403. The number of carbonyl (C=O) groups is 3. The molecule has 0 aromatic rings. The van der Waals surface area contributed by atoms with Gasteiger partial charge in [0.05, 0.1) is 25.2 Å². The van der Waals surface area contributed by atoms with Gasteiger partial charge >= 0.3 is 11.9 Å². The van der Waals surface area contributed by atoms with Crippen molar-refractivity contribution in [3.8, 4) is 0 Å². The van der Waals surface area contributed by atoms with E-state index in [0.717, 1.165) is 0 Å². The monoisotopic (exact) mass is 344 g/mol. The lowest BCUT2D eigenvalue weighted by Crippen LogP contribution is -2.61. The summed E-state index contributed by atoms with van der Waals surface area (Å²) in [4.78, 5) is 36.0. The average Bonchev–Trinajstić information content (AvgIpc) is 2.80. The van der Waals surface area contributed by atoms with E-state index in [1.807, 2.05) is 0 Å². The zero-order valence-electron chi connectivity index (χ0n) is 12.9. The zero-order chi connectivity index (χ0) is 17.3. The molecule has 2 aliphatic rings. The van der Waals surface area contributed by atoms with Crippen molar-refractivity contribution in [2.45, 2.75) is 31.5 Å². The molecule has 9 heteroatoms. The molecule has 2 aliphatic heterocycles. The normalized spacial score (nSPS) is 25.7. The van der Waals surface area contributed by atoms with Gasteiger partial charge in [-0.15, -0.1) is 0 Å². The summed E-state index contributed by atoms with van der Waals surface area (Å²) < 4.78 is 4.53. The van der Waals surface area contributed by atoms with Crippen LogP contribution in [0, 0.1) is 5.92 Å². The second kappa shape index (κ2) is 6.90. The number of esters is 1. The highest BCUT2D eigenvalue weighted by atomic mass is 32.2. The number of amides is 1. The molecule has 4 N–H and O–H groups in total. The molecule has 0 aromatic heterocycles. The maximum absolute atomic E-state index is 12.0. The molecule has 0 aromatic carbocycles. The molecule has 8 nitrogen and oxygen atoms in total. The number of hydrogen-bond acceptors (Lipinski definition) is 7. The maximum atomic E-state index is 12.0. The van der Waals surface area contributed by atoms with Gasteiger partial charge in [0.25, 0.3) is 0 Å². The van der Waals surface area contributed by atoms with Gasteiger partial charge in [0.1, 0.15) is 11.7 Å². The van der Waals surface area contributed by atoms with E-state index in [1.165, 1.54) is 30.7 Å². The Bertz CT molecular complexity index is 561. The molecular weight excluding hydrogens is 324 g/mol. The van der Waals surface area contributed by atoms with Crippen LogP contribution in [0.25, 0.3) is 0 Å². The molecule has 1 saturated heterocycles. The number of rotatable bonds is 7. The SMILES string of the molecule is COC(=O)C(N)CSCC1=C(C(=O)O)N2C(=O)C(C(C)O)C2C1. The van der Waals surface area contributed by atoms with Gasteiger partial charge in [-0.25, -0.2) is 4.79 Å². The molecule has 0 spiro atoms. The van der Waals surface area contributed by atoms with Gasteiger partial charge in [0, 0.05) is 11.5 Å². The van der Waals surface area contributed by atoms with Crippen LogP contribution in [0.15, 0.2) is 11.3 Å². The molecule has 0 saturated carbocycles. The zero-order valence-corrected chi connectivity index (χ0v) is 13.7. The van der Waals surface area contributed by atoms with Crippen LogP contribution in [0.2, 0.25) is 0 Å². The number of carbonyl (C=O) groups excluding carboxylic acids is 2. The Morgan fingerprint density at radius 2 is 2.17 bits per heavy atom. The molecule has 23 heavy (non-hydrogen) atoms. The molecule has 0 bridgehead atoms. The largest absolute Gasteiger partial charge is 0.477 e. The number of β-lactam (4-membered cyclic amide) rings is 1. The second-order valence-electron chi connectivity index (χ2n) is 5.65. The fraction of sp³-hybridized carbons (Fsp3) is 0.643. The molecule has 2 rings (SSSR count). The molecule has 2 heterocycles. The van der Waals surface area contributed by atoms with Crippen LogP contribution < -0.4 is 5.73 Å². The van der Waals surface area contributed by atoms with E-state index in [1.54, 1.807) is 0 Å². The first-order valence-electron chi connectivity index (χ1n) is 7.17. The molecule has 4 unspecified atom stereocenters. The first-order valence-corrected chi connectivity index (χ1v) is 8.32. The lowest BCUT2D eigenvalue weighted by molar-refractivity contribution is -0.161. The van der Waals surface area contributed by atoms with Crippen LogP contribution in [-0.2, 0) is 19.1 Å². The molecule has 1 fully saturated rings. The molecule has 0 aliphatic carbocycles. The van der Waals surface area contributed by atoms with Gasteiger partial charge in [-0.05, 0) is 18.9 Å². The van der Waals surface area contributed by atoms with E-state index < -0.39 is 30.0 Å². The number of ether oxygens (including phenoxy) is 1. The molecule has 4 atom stereocenters. The number of nitrogens with two attached hydrogens (primary N) is 1. The Hall–Kier alpha value is -1.58. The van der Waals surface area contributed by atoms with Crippen molar-refractivity contribution in [1.29, 1.82) is 0 Å². The smallest absolute Gasteiger partial charge is 0.352 e. The van der Waals surface area contributed by atoms with E-state index in [9.17, 15) is 24.6 Å². The van der Waals surface area contributed by atoms with E-state index in [-0.39, 0.29) is 17.6 Å². The number of fused-ring (bicyclic) bond motifs is 1. The number of methoxy groups -OCH3 is 1. The van der Waals surface area contributed by atoms with Gasteiger partial charge < -0.3 is 25.6 Å². The third kappa shape index (κ3) is 3.22. The Labute approximate surface area is 137 Å². The van der Waals surface area contributed by atoms with Crippen molar-refractivity contribution in [2.75, 3.05) is 18.6 Å². The number of hydrogen-bond donors (Lipinski definition) is 3. The summed E-state index contributed by atoms with van der Waals surface area (Å²) in [5, 5.41) is 19.0. The average molecular weight is 344 g/mol. The van der Waals surface area contributed by atoms with E-state index in [2.05, 4.69) is 4.74 Å². The highest BCUT2D eigenvalue weighted by Crippen LogP contribution is 2.44. The number of aliphatic carboxylic acids is 1. The second-order valence-corrected chi connectivity index (χ2v) is 6.68. The molecular formula is C14H20N2O6S. The van der Waals surface area contributed by atoms with Crippen molar-refractivity contribution < 1.29 is 29.3 Å². The fourth-order valence-electron chi connectivity index (χ4n) is 3.02. The summed E-state index contributed by atoms with van der Waals surface area (Å²) in [6.07, 6.45) is -0.387. The highest BCUT2D eigenvalue weighted by Gasteiger charge is 2.56. The van der Waals surface area contributed by atoms with Crippen LogP contribution in [0.1, 0.15) is 13.3 Å². The maximum Gasteiger partial charge on any atom is 0.352 e. The summed E-state index contributed by atoms with van der Waals surface area (Å²) in [6.45, 7) is 1.53. The minimum Gasteiger partial charge on any atom is -0.477 e. The lowest BCUT2D eigenvalue weighted by atomic mass is 9.83. The predicted octanol–water partition coefficient (Wildman–Crippen LogP) is -0.830. The first kappa shape index (κ1) is 17.8. The topological polar surface area (TPSA) is 130 Å². The summed E-state index contributed by atoms with van der Waals surface area (Å²) in [7, 11) is 1.25. The van der Waals surface area contributed by atoms with E-state index in [4.69, 9.17) is 5.73 Å². The lowest BCUT2D eigenvalue weighted by Gasteiger charge is -2.44. The molecule has 128 valence electrons. The van der Waals surface area contributed by atoms with Crippen LogP contribution in [0.4, 0.5) is 0 Å². The first-order chi connectivity index (χ1) is 10.8. The minimum absolute atomic E-state index is 0.00367. The van der Waals surface area contributed by atoms with Gasteiger partial charge in [-0.1, -0.05) is 0 Å². The Morgan fingerprint density at radius 3 is 2.70 bits per heavy atom. The number of nitrogens with zero attached hydrogens (tertiary/aromatic N) is 1. The third-order valence-corrected chi connectivity index (χ3v) is 5.25. The Balaban J connectivity index is 2.02. The standard InChI is InChI=1S/C14H20N2O6S/c1-6(17)10-9-3-7(4-23-5-8(15)14(21)22-2)11(13(19)20)16(9)12(10)18/h6,8-10,17H,3-5,15H2,1-2H3,(H,19,20). The Kier molecular flexibility index (Phi) is 5.33. The van der Waals surface area contributed by atoms with Crippen LogP contribution in [0.3, 0.4) is 0 Å². The van der Waals surface area contributed by atoms with Crippen LogP contribution in [0.5, 0.6) is 0 Å². The number of carboxylic acid groups (broad SMARTS) is 1. The van der Waals surface area contributed by atoms with E-state index >= 15 is 0 Å². The summed E-state index contributed by atoms with van der Waals surface area (Å²) in [5.41, 5.74) is 6.25. The van der Waals surface area contributed by atoms with Gasteiger partial charge in [0.2, 0.25) is 5.91 Å². The summed E-state index contributed by atoms with van der Waals surface area (Å²) in [6, 6.07) is -1.07. The number of aliphatic hydroxyl groups excluding tert-OH is 1. The summed E-state index contributed by atoms with van der Waals surface area (Å²) in [5.74, 6) is -1.93. The van der Waals surface area contributed by atoms with E-state index in [0.29, 0.717) is 23.5 Å². The van der Waals surface area contributed by atoms with Crippen molar-refractivity contribution in [2.24, 2.45) is 11.7 Å². The molecule has 0 radical (unpaired) electrons. The predicted molar refractivity (Wildman–Crippen MR) is 82.4 cm³/mol. The number of aliphatic hydroxyl groups is 1. The van der Waals surface area contributed by atoms with Gasteiger partial charge in [-0.2, -0.15) is 11.8 Å². The fourth-order valence-corrected chi connectivity index (χ4v) is 4.03. The molecule has 1 amide bonds. The minimum atomic E-state index is -1.15. The van der Waals surface area contributed by atoms with Crippen LogP contribution >= 0.6 is 11.8 Å². The van der Waals surface area contributed by atoms with Gasteiger partial charge in [-0.3, -0.25) is 9.59 Å². The van der Waals surface area contributed by atoms with Gasteiger partial charge in [0.15, 0.2) is 0 Å². The third-order valence-electron chi connectivity index (χ3n) is 4.10. The Morgan fingerprint density at radius 1 is 1.52 bits per heavy atom. The summed E-state index contributed by atoms with van der Waals surface area (Å²) >= 11 is 1.32. The van der Waals surface area contributed by atoms with Crippen molar-refractivity contribution in [3.05, 3.63) is 11.3 Å². The highest BCUT2D eigenvalue weighted by molar-refractivity contribution is 7.99. The number of thioether (sulfide) groups is 1. The number of carboxylic acids is 1.